The van der Waals surface area contributed by atoms with Gasteiger partial charge < -0.3 is 4.79 Å². The monoisotopic (exact) mass is 244 g/mol. The Morgan fingerprint density at radius 1 is 1.46 bits per heavy atom. The van der Waals surface area contributed by atoms with E-state index in [0.717, 1.165) is 16.3 Å². The van der Waals surface area contributed by atoms with Crippen molar-refractivity contribution in [3.8, 4) is 0 Å². The van der Waals surface area contributed by atoms with Crippen molar-refractivity contribution < 1.29 is 9.18 Å². The molecule has 0 amide bonds. The van der Waals surface area contributed by atoms with Crippen molar-refractivity contribution in [2.75, 3.05) is 0 Å². The third-order valence-corrected chi connectivity index (χ3v) is 2.55. The Balaban J connectivity index is 2.76. The van der Waals surface area contributed by atoms with Crippen molar-refractivity contribution in [2.24, 2.45) is 0 Å². The molecule has 0 atom stereocenters. The molecule has 0 radical (unpaired) electrons. The quantitative estimate of drug-likeness (QED) is 0.745. The third kappa shape index (κ3) is 2.92. The summed E-state index contributed by atoms with van der Waals surface area (Å²) >= 11 is 3.27. The second-order valence-corrected chi connectivity index (χ2v) is 3.62. The highest BCUT2D eigenvalue weighted by Crippen LogP contribution is 2.20. The summed E-state index contributed by atoms with van der Waals surface area (Å²) in [6.45, 7) is -0.464. The molecule has 0 aromatic heterocycles. The van der Waals surface area contributed by atoms with E-state index >= 15 is 0 Å². The highest BCUT2D eigenvalue weighted by molar-refractivity contribution is 9.10. The number of alkyl halides is 1. The zero-order chi connectivity index (χ0) is 9.68. The number of hydrogen-bond acceptors (Lipinski definition) is 1. The Morgan fingerprint density at radius 3 is 2.77 bits per heavy atom. The molecule has 0 aliphatic rings. The third-order valence-electron chi connectivity index (χ3n) is 1.81. The molecule has 0 saturated heterocycles. The van der Waals surface area contributed by atoms with Crippen LogP contribution in [-0.2, 0) is 17.9 Å². The minimum absolute atomic E-state index is 0.464. The first-order valence-corrected chi connectivity index (χ1v) is 4.84. The molecule has 0 aliphatic carbocycles. The van der Waals surface area contributed by atoms with Crippen LogP contribution in [0.5, 0.6) is 0 Å². The zero-order valence-electron chi connectivity index (χ0n) is 7.09. The minimum atomic E-state index is -0.464. The molecule has 0 saturated carbocycles. The molecule has 3 heteroatoms. The van der Waals surface area contributed by atoms with Gasteiger partial charge in [-0.2, -0.15) is 0 Å². The summed E-state index contributed by atoms with van der Waals surface area (Å²) in [6.07, 6.45) is 2.12. The first-order chi connectivity index (χ1) is 6.27. The fourth-order valence-electron chi connectivity index (χ4n) is 1.08. The molecule has 1 aromatic rings. The van der Waals surface area contributed by atoms with E-state index in [1.54, 1.807) is 6.07 Å². The van der Waals surface area contributed by atoms with Gasteiger partial charge in [-0.3, -0.25) is 0 Å². The molecule has 0 fully saturated rings. The summed E-state index contributed by atoms with van der Waals surface area (Å²) in [5.74, 6) is 0. The molecule has 0 heterocycles. The molecule has 0 unspecified atom stereocenters. The van der Waals surface area contributed by atoms with E-state index in [4.69, 9.17) is 0 Å². The van der Waals surface area contributed by atoms with Crippen molar-refractivity contribution >= 4 is 22.2 Å². The summed E-state index contributed by atoms with van der Waals surface area (Å²) < 4.78 is 13.1. The first-order valence-electron chi connectivity index (χ1n) is 4.05. The molecule has 0 N–H and O–H groups in total. The number of benzene rings is 1. The SMILES string of the molecule is O=CCCc1ccc(CF)c(Br)c1. The Morgan fingerprint density at radius 2 is 2.23 bits per heavy atom. The van der Waals surface area contributed by atoms with Crippen LogP contribution in [0.2, 0.25) is 0 Å². The van der Waals surface area contributed by atoms with Gasteiger partial charge in [-0.05, 0) is 23.6 Å². The van der Waals surface area contributed by atoms with Crippen molar-refractivity contribution in [3.05, 3.63) is 33.8 Å². The lowest BCUT2D eigenvalue weighted by molar-refractivity contribution is -0.107. The van der Waals surface area contributed by atoms with Crippen LogP contribution in [0.15, 0.2) is 22.7 Å². The van der Waals surface area contributed by atoms with E-state index in [1.807, 2.05) is 12.1 Å². The van der Waals surface area contributed by atoms with Crippen LogP contribution in [0.25, 0.3) is 0 Å². The van der Waals surface area contributed by atoms with Crippen molar-refractivity contribution in [1.29, 1.82) is 0 Å². The average molecular weight is 245 g/mol. The molecule has 70 valence electrons. The van der Waals surface area contributed by atoms with Crippen LogP contribution in [0.3, 0.4) is 0 Å². The molecule has 0 aliphatic heterocycles. The predicted octanol–water partition coefficient (Wildman–Crippen LogP) is 3.05. The molecule has 1 aromatic carbocycles. The Labute approximate surface area is 85.1 Å². The number of aldehydes is 1. The topological polar surface area (TPSA) is 17.1 Å². The largest absolute Gasteiger partial charge is 0.303 e. The molecule has 0 spiro atoms. The van der Waals surface area contributed by atoms with Gasteiger partial charge in [-0.15, -0.1) is 0 Å². The van der Waals surface area contributed by atoms with E-state index in [-0.39, 0.29) is 0 Å². The summed E-state index contributed by atoms with van der Waals surface area (Å²) in [5.41, 5.74) is 1.70. The lowest BCUT2D eigenvalue weighted by Gasteiger charge is -2.02. The van der Waals surface area contributed by atoms with E-state index in [1.165, 1.54) is 0 Å². The second kappa shape index (κ2) is 5.12. The number of aryl methyl sites for hydroxylation is 1. The van der Waals surface area contributed by atoms with Gasteiger partial charge in [-0.1, -0.05) is 28.1 Å². The average Bonchev–Trinajstić information content (AvgIpc) is 2.15. The summed E-state index contributed by atoms with van der Waals surface area (Å²) in [7, 11) is 0. The number of rotatable bonds is 4. The zero-order valence-corrected chi connectivity index (χ0v) is 8.68. The first kappa shape index (κ1) is 10.4. The molecular formula is C10H10BrFO. The lowest BCUT2D eigenvalue weighted by atomic mass is 10.1. The summed E-state index contributed by atoms with van der Waals surface area (Å²) in [5, 5.41) is 0. The second-order valence-electron chi connectivity index (χ2n) is 2.76. The molecule has 13 heavy (non-hydrogen) atoms. The van der Waals surface area contributed by atoms with Gasteiger partial charge in [0, 0.05) is 10.9 Å². The fourth-order valence-corrected chi connectivity index (χ4v) is 1.61. The lowest BCUT2D eigenvalue weighted by Crippen LogP contribution is -1.88. The van der Waals surface area contributed by atoms with Gasteiger partial charge in [0.25, 0.3) is 0 Å². The normalized spacial score (nSPS) is 10.0. The number of carbonyl (C=O) groups excluding carboxylic acids is 1. The van der Waals surface area contributed by atoms with E-state index in [9.17, 15) is 9.18 Å². The van der Waals surface area contributed by atoms with Crippen LogP contribution >= 0.6 is 15.9 Å². The van der Waals surface area contributed by atoms with Gasteiger partial charge in [0.15, 0.2) is 0 Å². The predicted molar refractivity (Wildman–Crippen MR) is 53.3 cm³/mol. The van der Waals surface area contributed by atoms with Gasteiger partial charge >= 0.3 is 0 Å². The maximum absolute atomic E-state index is 12.3. The van der Waals surface area contributed by atoms with Crippen LogP contribution in [0, 0.1) is 0 Å². The Hall–Kier alpha value is -0.700. The van der Waals surface area contributed by atoms with Gasteiger partial charge in [0.05, 0.1) is 0 Å². The van der Waals surface area contributed by atoms with Crippen molar-refractivity contribution in [1.82, 2.24) is 0 Å². The summed E-state index contributed by atoms with van der Waals surface area (Å²) in [6, 6.07) is 5.45. The van der Waals surface area contributed by atoms with Gasteiger partial charge in [0.1, 0.15) is 13.0 Å². The van der Waals surface area contributed by atoms with Crippen molar-refractivity contribution in [3.63, 3.8) is 0 Å². The highest BCUT2D eigenvalue weighted by atomic mass is 79.9. The molecular weight excluding hydrogens is 235 g/mol. The van der Waals surface area contributed by atoms with Crippen LogP contribution in [0.4, 0.5) is 4.39 Å². The fraction of sp³-hybridized carbons (Fsp3) is 0.300. The van der Waals surface area contributed by atoms with Crippen molar-refractivity contribution in [2.45, 2.75) is 19.5 Å². The number of hydrogen-bond donors (Lipinski definition) is 0. The molecule has 1 rings (SSSR count). The van der Waals surface area contributed by atoms with E-state index in [2.05, 4.69) is 15.9 Å². The number of carbonyl (C=O) groups is 1. The maximum Gasteiger partial charge on any atom is 0.120 e. The summed E-state index contributed by atoms with van der Waals surface area (Å²) in [4.78, 5) is 10.1. The van der Waals surface area contributed by atoms with Crippen LogP contribution in [0.1, 0.15) is 17.5 Å². The maximum atomic E-state index is 12.3. The van der Waals surface area contributed by atoms with E-state index < -0.39 is 6.67 Å². The standard InChI is InChI=1S/C10H10BrFO/c11-10-6-8(2-1-5-13)3-4-9(10)7-12/h3-6H,1-2,7H2. The smallest absolute Gasteiger partial charge is 0.120 e. The Kier molecular flexibility index (Phi) is 4.09. The molecule has 0 bridgehead atoms. The number of halogens is 2. The molecule has 1 nitrogen and oxygen atoms in total. The Bertz CT molecular complexity index is 299. The van der Waals surface area contributed by atoms with Gasteiger partial charge in [0.2, 0.25) is 0 Å². The van der Waals surface area contributed by atoms with Crippen LogP contribution in [-0.4, -0.2) is 6.29 Å². The van der Waals surface area contributed by atoms with Gasteiger partial charge in [-0.25, -0.2) is 4.39 Å². The van der Waals surface area contributed by atoms with Crippen LogP contribution < -0.4 is 0 Å². The highest BCUT2D eigenvalue weighted by Gasteiger charge is 2.00. The minimum Gasteiger partial charge on any atom is -0.303 e. The van der Waals surface area contributed by atoms with E-state index in [0.29, 0.717) is 18.4 Å².